The first-order valence-corrected chi connectivity index (χ1v) is 19.1. The number of aromatic nitrogens is 5. The fourth-order valence-corrected chi connectivity index (χ4v) is 9.15. The second kappa shape index (κ2) is 12.0. The van der Waals surface area contributed by atoms with Gasteiger partial charge < -0.3 is 18.3 Å². The van der Waals surface area contributed by atoms with Crippen molar-refractivity contribution in [2.45, 2.75) is 12.0 Å². The highest BCUT2D eigenvalue weighted by Crippen LogP contribution is 2.49. The molecule has 1 aliphatic carbocycles. The van der Waals surface area contributed by atoms with Gasteiger partial charge in [-0.25, -0.2) is 9.97 Å². The molecule has 5 aromatic heterocycles. The van der Waals surface area contributed by atoms with Gasteiger partial charge in [-0.05, 0) is 107 Å². The lowest BCUT2D eigenvalue weighted by Gasteiger charge is -2.30. The topological polar surface area (TPSA) is 42.8 Å². The van der Waals surface area contributed by atoms with Gasteiger partial charge >= 0.3 is 0 Å². The molecule has 6 heterocycles. The molecule has 0 saturated carbocycles. The molecule has 0 amide bonds. The number of allylic oxidation sites excluding steroid dienone is 2. The predicted molar refractivity (Wildman–Crippen MR) is 228 cm³/mol. The van der Waals surface area contributed by atoms with E-state index in [2.05, 4.69) is 199 Å². The van der Waals surface area contributed by atoms with Crippen molar-refractivity contribution >= 4 is 44.5 Å². The molecule has 0 N–H and O–H groups in total. The van der Waals surface area contributed by atoms with E-state index in [0.717, 1.165) is 56.0 Å². The molecule has 0 bridgehead atoms. The Balaban J connectivity index is 1.14. The minimum atomic E-state index is 0.170. The first kappa shape index (κ1) is 31.0. The van der Waals surface area contributed by atoms with Gasteiger partial charge in [-0.3, -0.25) is 0 Å². The van der Waals surface area contributed by atoms with Crippen LogP contribution in [0, 0.1) is 0 Å². The van der Waals surface area contributed by atoms with Crippen LogP contribution in [-0.4, -0.2) is 29.4 Å². The third-order valence-corrected chi connectivity index (χ3v) is 11.6. The van der Waals surface area contributed by atoms with Crippen LogP contribution in [0.1, 0.15) is 11.5 Å². The molecular formula is C50H34N6. The van der Waals surface area contributed by atoms with E-state index in [0.29, 0.717) is 0 Å². The molecule has 1 aliphatic heterocycles. The Bertz CT molecular complexity index is 3030. The van der Waals surface area contributed by atoms with Crippen LogP contribution in [0.5, 0.6) is 0 Å². The molecule has 5 aromatic carbocycles. The van der Waals surface area contributed by atoms with Crippen molar-refractivity contribution in [3.05, 3.63) is 201 Å². The molecule has 0 radical (unpaired) electrons. The zero-order valence-electron chi connectivity index (χ0n) is 30.3. The van der Waals surface area contributed by atoms with Crippen molar-refractivity contribution < 1.29 is 0 Å². The molecule has 6 nitrogen and oxygen atoms in total. The van der Waals surface area contributed by atoms with Crippen LogP contribution in [0.2, 0.25) is 0 Å². The predicted octanol–water partition coefficient (Wildman–Crippen LogP) is 11.8. The minimum absolute atomic E-state index is 0.170. The first-order valence-electron chi connectivity index (χ1n) is 19.1. The van der Waals surface area contributed by atoms with Crippen molar-refractivity contribution in [3.63, 3.8) is 0 Å². The minimum Gasteiger partial charge on any atom is -0.333 e. The summed E-state index contributed by atoms with van der Waals surface area (Å²) < 4.78 is 6.62. The fraction of sp³-hybridized carbons (Fsp3) is 0.0400. The van der Waals surface area contributed by atoms with Gasteiger partial charge in [0, 0.05) is 82.1 Å². The number of nitrogens with zero attached hydrogens (tertiary/aromatic N) is 6. The van der Waals surface area contributed by atoms with E-state index in [1.165, 1.54) is 33.1 Å². The zero-order chi connectivity index (χ0) is 36.7. The third kappa shape index (κ3) is 4.76. The van der Waals surface area contributed by atoms with Crippen molar-refractivity contribution in [1.82, 2.24) is 23.3 Å². The van der Waals surface area contributed by atoms with Crippen LogP contribution >= 0.6 is 0 Å². The van der Waals surface area contributed by atoms with E-state index >= 15 is 0 Å². The highest BCUT2D eigenvalue weighted by molar-refractivity contribution is 6.09. The number of rotatable bonds is 5. The Morgan fingerprint density at radius 2 is 1.02 bits per heavy atom. The standard InChI is InChI=1S/C50H34N6/c1-5-15-45-41(11-1)42-12-2-6-16-46(42)55(45)39-26-36(27-40(30-39)56-47-17-7-3-13-43(47)44-14-4-8-18-48(44)56)33-23-34(37-28-49-51-19-9-21-53(49)31-37)25-35(24-33)38-29-50-52-20-10-22-54(50)32-38/h1-32,41,45H. The van der Waals surface area contributed by atoms with E-state index in [9.17, 15) is 0 Å². The lowest BCUT2D eigenvalue weighted by atomic mass is 9.91. The Morgan fingerprint density at radius 1 is 0.464 bits per heavy atom. The fourth-order valence-electron chi connectivity index (χ4n) is 9.15. The van der Waals surface area contributed by atoms with Crippen LogP contribution in [-0.2, 0) is 0 Å². The summed E-state index contributed by atoms with van der Waals surface area (Å²) in [7, 11) is 0. The lowest BCUT2D eigenvalue weighted by molar-refractivity contribution is 0.744. The smallest absolute Gasteiger partial charge is 0.137 e. The molecule has 2 atom stereocenters. The molecule has 0 spiro atoms. The van der Waals surface area contributed by atoms with Gasteiger partial charge in [-0.15, -0.1) is 0 Å². The van der Waals surface area contributed by atoms with Crippen molar-refractivity contribution in [3.8, 4) is 39.1 Å². The Morgan fingerprint density at radius 3 is 1.68 bits per heavy atom. The Kier molecular flexibility index (Phi) is 6.65. The van der Waals surface area contributed by atoms with Crippen LogP contribution in [0.4, 0.5) is 11.4 Å². The molecule has 10 aromatic rings. The summed E-state index contributed by atoms with van der Waals surface area (Å²) in [5.74, 6) is 0.279. The summed E-state index contributed by atoms with van der Waals surface area (Å²) >= 11 is 0. The summed E-state index contributed by atoms with van der Waals surface area (Å²) in [6, 6.07) is 49.0. The molecule has 56 heavy (non-hydrogen) atoms. The van der Waals surface area contributed by atoms with Gasteiger partial charge in [0.15, 0.2) is 0 Å². The van der Waals surface area contributed by atoms with E-state index in [4.69, 9.17) is 0 Å². The number of anilines is 2. The maximum absolute atomic E-state index is 4.65. The Hall–Kier alpha value is -7.44. The quantitative estimate of drug-likeness (QED) is 0.178. The molecule has 264 valence electrons. The average Bonchev–Trinajstić information content (AvgIpc) is 4.04. The largest absolute Gasteiger partial charge is 0.333 e. The molecule has 2 aliphatic rings. The van der Waals surface area contributed by atoms with Gasteiger partial charge in [0.25, 0.3) is 0 Å². The second-order valence-electron chi connectivity index (χ2n) is 14.8. The zero-order valence-corrected chi connectivity index (χ0v) is 30.3. The molecule has 12 rings (SSSR count). The molecular weight excluding hydrogens is 685 g/mol. The van der Waals surface area contributed by atoms with Gasteiger partial charge in [-0.1, -0.05) is 78.9 Å². The van der Waals surface area contributed by atoms with Gasteiger partial charge in [0.1, 0.15) is 11.3 Å². The van der Waals surface area contributed by atoms with Gasteiger partial charge in [-0.2, -0.15) is 0 Å². The first-order chi connectivity index (χ1) is 27.7. The van der Waals surface area contributed by atoms with E-state index in [-0.39, 0.29) is 12.0 Å². The third-order valence-electron chi connectivity index (χ3n) is 11.6. The summed E-state index contributed by atoms with van der Waals surface area (Å²) in [4.78, 5) is 11.8. The maximum atomic E-state index is 4.65. The monoisotopic (exact) mass is 718 g/mol. The molecule has 0 fully saturated rings. The maximum Gasteiger partial charge on any atom is 0.137 e. The number of benzene rings is 5. The summed E-state index contributed by atoms with van der Waals surface area (Å²) in [6.45, 7) is 0. The molecule has 0 saturated heterocycles. The van der Waals surface area contributed by atoms with Crippen molar-refractivity contribution in [2.75, 3.05) is 4.90 Å². The number of para-hydroxylation sites is 3. The van der Waals surface area contributed by atoms with Gasteiger partial charge in [0.2, 0.25) is 0 Å². The highest BCUT2D eigenvalue weighted by Gasteiger charge is 2.37. The number of fused-ring (bicyclic) bond motifs is 8. The van der Waals surface area contributed by atoms with E-state index in [1.54, 1.807) is 0 Å². The highest BCUT2D eigenvalue weighted by atomic mass is 15.2. The summed E-state index contributed by atoms with van der Waals surface area (Å²) in [5.41, 5.74) is 15.9. The van der Waals surface area contributed by atoms with Gasteiger partial charge in [0.05, 0.1) is 17.1 Å². The van der Waals surface area contributed by atoms with E-state index < -0.39 is 0 Å². The van der Waals surface area contributed by atoms with Crippen molar-refractivity contribution in [1.29, 1.82) is 0 Å². The van der Waals surface area contributed by atoms with Crippen molar-refractivity contribution in [2.24, 2.45) is 0 Å². The average molecular weight is 719 g/mol. The molecule has 6 heteroatoms. The van der Waals surface area contributed by atoms with Crippen LogP contribution in [0.25, 0.3) is 72.2 Å². The normalized spacial score (nSPS) is 16.0. The summed E-state index contributed by atoms with van der Waals surface area (Å²) in [5, 5.41) is 2.49. The second-order valence-corrected chi connectivity index (χ2v) is 14.8. The molecule has 2 unspecified atom stereocenters. The van der Waals surface area contributed by atoms with Crippen LogP contribution in [0.15, 0.2) is 195 Å². The summed E-state index contributed by atoms with van der Waals surface area (Å²) in [6.07, 6.45) is 21.2. The van der Waals surface area contributed by atoms with Crippen LogP contribution < -0.4 is 4.90 Å². The van der Waals surface area contributed by atoms with Crippen LogP contribution in [0.3, 0.4) is 0 Å². The Labute approximate surface area is 323 Å². The lowest BCUT2D eigenvalue weighted by Crippen LogP contribution is -2.28. The number of hydrogen-bond donors (Lipinski definition) is 0. The van der Waals surface area contributed by atoms with E-state index in [1.807, 2.05) is 24.5 Å². The SMILES string of the molecule is C1=CC2c3ccccc3N(c3cc(-c4cc(-c5cc6ncccn6c5)cc(-c5cc6ncccn6c5)c4)cc(-n4c5ccccc5c5ccccc54)c3)C2C=C1. The number of hydrogen-bond acceptors (Lipinski definition) is 3.